The zero-order chi connectivity index (χ0) is 39.1. The molecule has 1 aliphatic heterocycles. The predicted octanol–water partition coefficient (Wildman–Crippen LogP) is 6.74. The molecule has 0 N–H and O–H groups in total. The van der Waals surface area contributed by atoms with Crippen LogP contribution in [0.25, 0.3) is 5.57 Å². The lowest BCUT2D eigenvalue weighted by Gasteiger charge is -2.38. The third-order valence-electron chi connectivity index (χ3n) is 10.1. The van der Waals surface area contributed by atoms with Crippen LogP contribution in [0.1, 0.15) is 54.4 Å². The van der Waals surface area contributed by atoms with Gasteiger partial charge in [-0.1, -0.05) is 35.9 Å². The number of halogens is 3. The molecule has 2 saturated carbocycles. The first kappa shape index (κ1) is 39.7. The number of methoxy groups -OCH3 is 1. The van der Waals surface area contributed by atoms with E-state index in [1.807, 2.05) is 42.2 Å². The molecule has 2 aromatic carbocycles. The van der Waals surface area contributed by atoms with Crippen LogP contribution in [-0.2, 0) is 32.1 Å². The minimum Gasteiger partial charge on any atom is -0.489 e. The van der Waals surface area contributed by atoms with Crippen LogP contribution in [0.4, 0.5) is 13.6 Å². The zero-order valence-corrected chi connectivity index (χ0v) is 31.4. The molecule has 13 nitrogen and oxygen atoms in total. The van der Waals surface area contributed by atoms with Crippen LogP contribution in [0.5, 0.6) is 11.6 Å². The highest BCUT2D eigenvalue weighted by Gasteiger charge is 2.54. The van der Waals surface area contributed by atoms with Crippen molar-refractivity contribution in [1.82, 2.24) is 14.8 Å². The van der Waals surface area contributed by atoms with Gasteiger partial charge in [0.2, 0.25) is 5.88 Å². The van der Waals surface area contributed by atoms with Crippen molar-refractivity contribution in [1.29, 1.82) is 0 Å². The Morgan fingerprint density at radius 2 is 1.76 bits per heavy atom. The molecule has 0 saturated heterocycles. The number of amides is 2. The Hall–Kier alpha value is -5.02. The van der Waals surface area contributed by atoms with Gasteiger partial charge in [-0.15, -0.1) is 10.1 Å². The van der Waals surface area contributed by atoms with Gasteiger partial charge in [0.25, 0.3) is 11.0 Å². The van der Waals surface area contributed by atoms with E-state index in [-0.39, 0.29) is 62.3 Å². The van der Waals surface area contributed by atoms with E-state index >= 15 is 0 Å². The van der Waals surface area contributed by atoms with E-state index in [1.165, 1.54) is 0 Å². The molecule has 3 aromatic rings. The SMILES string of the molecule is COc1nccc(CN(C(=O)C2=C(c3ccc(CCCOc4c(F)ccc(F)c4Cl)cc3)C3(CC3)CN(C(=O)OCCOCCO[N+](=O)[O-])C2)C2CC2)c1C. The Morgan fingerprint density at radius 3 is 2.45 bits per heavy atom. The first-order valence-electron chi connectivity index (χ1n) is 18.2. The van der Waals surface area contributed by atoms with E-state index < -0.39 is 28.2 Å². The molecule has 16 heteroatoms. The molecule has 1 spiro atoms. The molecule has 2 heterocycles. The zero-order valence-electron chi connectivity index (χ0n) is 30.7. The number of carbonyl (C=O) groups is 2. The molecule has 2 fully saturated rings. The second kappa shape index (κ2) is 17.6. The van der Waals surface area contributed by atoms with E-state index in [2.05, 4.69) is 9.82 Å². The highest BCUT2D eigenvalue weighted by atomic mass is 35.5. The Labute approximate surface area is 322 Å². The van der Waals surface area contributed by atoms with Crippen LogP contribution < -0.4 is 9.47 Å². The molecule has 3 aliphatic rings. The molecule has 2 aliphatic carbocycles. The molecule has 0 atom stereocenters. The van der Waals surface area contributed by atoms with Gasteiger partial charge in [-0.05, 0) is 85.9 Å². The first-order valence-corrected chi connectivity index (χ1v) is 18.5. The van der Waals surface area contributed by atoms with Crippen LogP contribution in [-0.4, -0.2) is 91.1 Å². The summed E-state index contributed by atoms with van der Waals surface area (Å²) in [6.07, 6.45) is 5.51. The molecule has 1 aromatic heterocycles. The van der Waals surface area contributed by atoms with E-state index in [0.29, 0.717) is 37.4 Å². The Balaban J connectivity index is 1.21. The van der Waals surface area contributed by atoms with Gasteiger partial charge >= 0.3 is 6.09 Å². The van der Waals surface area contributed by atoms with Crippen LogP contribution in [0, 0.1) is 34.1 Å². The van der Waals surface area contributed by atoms with Crippen LogP contribution in [0.2, 0.25) is 5.02 Å². The summed E-state index contributed by atoms with van der Waals surface area (Å²) in [6, 6.07) is 11.8. The minimum atomic E-state index is -0.905. The molecular weight excluding hydrogens is 742 g/mol. The Morgan fingerprint density at radius 1 is 1.04 bits per heavy atom. The average molecular weight is 785 g/mol. The molecule has 2 amide bonds. The molecule has 6 rings (SSSR count). The van der Waals surface area contributed by atoms with Crippen LogP contribution in [0.15, 0.2) is 54.2 Å². The summed E-state index contributed by atoms with van der Waals surface area (Å²) in [7, 11) is 1.56. The Kier molecular flexibility index (Phi) is 12.7. The number of benzene rings is 2. The number of carbonyl (C=O) groups excluding carboxylic acids is 2. The molecule has 0 bridgehead atoms. The summed E-state index contributed by atoms with van der Waals surface area (Å²) in [4.78, 5) is 50.6. The molecule has 0 unspecified atom stereocenters. The lowest BCUT2D eigenvalue weighted by atomic mass is 9.81. The normalized spacial score (nSPS) is 15.8. The van der Waals surface area contributed by atoms with Crippen molar-refractivity contribution < 1.29 is 47.2 Å². The van der Waals surface area contributed by atoms with Crippen LogP contribution in [0.3, 0.4) is 0 Å². The van der Waals surface area contributed by atoms with Crippen LogP contribution >= 0.6 is 11.6 Å². The fourth-order valence-electron chi connectivity index (χ4n) is 6.96. The quantitative estimate of drug-likeness (QED) is 0.0589. The summed E-state index contributed by atoms with van der Waals surface area (Å²) in [6.45, 7) is 2.50. The number of ether oxygens (including phenoxy) is 4. The number of hydrogen-bond acceptors (Lipinski definition) is 10. The maximum Gasteiger partial charge on any atom is 0.410 e. The highest BCUT2D eigenvalue weighted by Crippen LogP contribution is 2.59. The van der Waals surface area contributed by atoms with Gasteiger partial charge in [-0.25, -0.2) is 18.6 Å². The van der Waals surface area contributed by atoms with Crippen molar-refractivity contribution in [2.45, 2.75) is 58.0 Å². The smallest absolute Gasteiger partial charge is 0.410 e. The number of aryl methyl sites for hydroxylation is 1. The number of pyridine rings is 1. The number of rotatable bonds is 18. The maximum absolute atomic E-state index is 14.8. The first-order chi connectivity index (χ1) is 26.5. The second-order valence-electron chi connectivity index (χ2n) is 13.9. The average Bonchev–Trinajstić information content (AvgIpc) is 4.13. The summed E-state index contributed by atoms with van der Waals surface area (Å²) in [5.41, 5.74) is 4.68. The van der Waals surface area contributed by atoms with Crippen molar-refractivity contribution in [3.63, 3.8) is 0 Å². The van der Waals surface area contributed by atoms with E-state index in [4.69, 9.17) is 30.5 Å². The van der Waals surface area contributed by atoms with Gasteiger partial charge in [0.1, 0.15) is 24.1 Å². The molecular formula is C39H43ClF2N4O9. The van der Waals surface area contributed by atoms with Gasteiger partial charge in [0, 0.05) is 41.9 Å². The van der Waals surface area contributed by atoms with Crippen molar-refractivity contribution in [3.05, 3.63) is 103 Å². The van der Waals surface area contributed by atoms with Crippen molar-refractivity contribution >= 4 is 29.2 Å². The lowest BCUT2D eigenvalue weighted by Crippen LogP contribution is -2.46. The summed E-state index contributed by atoms with van der Waals surface area (Å²) in [5.74, 6) is -1.44. The molecule has 0 radical (unpaired) electrons. The van der Waals surface area contributed by atoms with Gasteiger partial charge < -0.3 is 33.6 Å². The second-order valence-corrected chi connectivity index (χ2v) is 14.2. The molecule has 55 heavy (non-hydrogen) atoms. The minimum absolute atomic E-state index is 0.0246. The number of hydrogen-bond donors (Lipinski definition) is 0. The van der Waals surface area contributed by atoms with E-state index in [9.17, 15) is 28.5 Å². The maximum atomic E-state index is 14.8. The largest absolute Gasteiger partial charge is 0.489 e. The lowest BCUT2D eigenvalue weighted by molar-refractivity contribution is -0.758. The third-order valence-corrected chi connectivity index (χ3v) is 10.4. The number of nitrogens with zero attached hydrogens (tertiary/aromatic N) is 4. The fourth-order valence-corrected chi connectivity index (χ4v) is 7.16. The summed E-state index contributed by atoms with van der Waals surface area (Å²) >= 11 is 5.89. The van der Waals surface area contributed by atoms with E-state index in [0.717, 1.165) is 65.6 Å². The van der Waals surface area contributed by atoms with Gasteiger partial charge in [-0.2, -0.15) is 0 Å². The van der Waals surface area contributed by atoms with Crippen molar-refractivity contribution in [2.75, 3.05) is 53.2 Å². The molecule has 294 valence electrons. The summed E-state index contributed by atoms with van der Waals surface area (Å²) < 4.78 is 49.7. The van der Waals surface area contributed by atoms with Gasteiger partial charge in [0.15, 0.2) is 11.6 Å². The Bertz CT molecular complexity index is 1920. The monoisotopic (exact) mass is 784 g/mol. The summed E-state index contributed by atoms with van der Waals surface area (Å²) in [5, 5.41) is 9.04. The van der Waals surface area contributed by atoms with E-state index in [1.54, 1.807) is 18.2 Å². The third kappa shape index (κ3) is 9.62. The predicted molar refractivity (Wildman–Crippen MR) is 196 cm³/mol. The number of aromatic nitrogens is 1. The van der Waals surface area contributed by atoms with Crippen molar-refractivity contribution in [2.24, 2.45) is 5.41 Å². The highest BCUT2D eigenvalue weighted by molar-refractivity contribution is 6.32. The topological polar surface area (TPSA) is 143 Å². The van der Waals surface area contributed by atoms with Gasteiger partial charge in [-0.3, -0.25) is 4.79 Å². The standard InChI is InChI=1S/C39H43ClF2N4O9/c1-25-28(13-16-43-36(25)51-2)22-45(29-9-10-29)37(47)30-23-44(38(48)54-20-18-52-19-21-55-46(49)50)24-39(14-15-39)33(30)27-7-5-26(6-8-27)4-3-17-53-35-32(42)12-11-31(41)34(35)40/h5-8,11-13,16,29H,3-4,9-10,14-15,17-24H2,1-2H3. The fraction of sp³-hybridized carbons (Fsp3) is 0.462. The van der Waals surface area contributed by atoms with Crippen molar-refractivity contribution in [3.8, 4) is 11.6 Å². The van der Waals surface area contributed by atoms with Gasteiger partial charge in [0.05, 0.1) is 33.5 Å².